The summed E-state index contributed by atoms with van der Waals surface area (Å²) >= 11 is 0. The maximum Gasteiger partial charge on any atom is 0.229 e. The molecule has 0 spiro atoms. The molecule has 0 aliphatic carbocycles. The van der Waals surface area contributed by atoms with Gasteiger partial charge in [0.05, 0.1) is 11.6 Å². The molecule has 0 aromatic heterocycles. The Morgan fingerprint density at radius 1 is 1.12 bits per heavy atom. The van der Waals surface area contributed by atoms with Crippen LogP contribution in [0.15, 0.2) is 42.5 Å². The fourth-order valence-corrected chi connectivity index (χ4v) is 3.13. The number of halogens is 1. The number of benzene rings is 2. The zero-order chi connectivity index (χ0) is 18.1. The first-order valence-electron chi connectivity index (χ1n) is 8.37. The SMILES string of the molecule is O=C(Nc1ccccc1F)[C@H]1CC(=O)N(c2ccc3c(c2)OCCO3)C1. The van der Waals surface area contributed by atoms with Gasteiger partial charge in [-0.2, -0.15) is 0 Å². The second kappa shape index (κ2) is 6.67. The van der Waals surface area contributed by atoms with Crippen LogP contribution in [0.1, 0.15) is 6.42 Å². The molecule has 0 radical (unpaired) electrons. The summed E-state index contributed by atoms with van der Waals surface area (Å²) in [7, 11) is 0. The number of fused-ring (bicyclic) bond motifs is 1. The zero-order valence-electron chi connectivity index (χ0n) is 13.9. The maximum absolute atomic E-state index is 13.7. The standard InChI is InChI=1S/C19H17FN2O4/c20-14-3-1-2-4-15(14)21-19(24)12-9-18(23)22(11-12)13-5-6-16-17(10-13)26-8-7-25-16/h1-6,10,12H,7-9,11H2,(H,21,24)/t12-/m0/s1. The van der Waals surface area contributed by atoms with Gasteiger partial charge in [-0.3, -0.25) is 9.59 Å². The van der Waals surface area contributed by atoms with Gasteiger partial charge in [-0.05, 0) is 24.3 Å². The van der Waals surface area contributed by atoms with Crippen LogP contribution in [0, 0.1) is 11.7 Å². The Balaban J connectivity index is 1.48. The first-order chi connectivity index (χ1) is 12.6. The Labute approximate surface area is 149 Å². The van der Waals surface area contributed by atoms with Crippen molar-refractivity contribution in [2.24, 2.45) is 5.92 Å². The van der Waals surface area contributed by atoms with E-state index in [0.717, 1.165) is 0 Å². The van der Waals surface area contributed by atoms with Crippen molar-refractivity contribution in [3.8, 4) is 11.5 Å². The van der Waals surface area contributed by atoms with E-state index in [1.165, 1.54) is 12.1 Å². The number of hydrogen-bond acceptors (Lipinski definition) is 4. The number of amides is 2. The molecule has 7 heteroatoms. The van der Waals surface area contributed by atoms with Crippen LogP contribution in [0.3, 0.4) is 0 Å². The number of nitrogens with zero attached hydrogens (tertiary/aromatic N) is 1. The average molecular weight is 356 g/mol. The minimum atomic E-state index is -0.546. The number of carbonyl (C=O) groups excluding carboxylic acids is 2. The molecular weight excluding hydrogens is 339 g/mol. The second-order valence-corrected chi connectivity index (χ2v) is 6.20. The van der Waals surface area contributed by atoms with Crippen molar-refractivity contribution in [3.05, 3.63) is 48.3 Å². The van der Waals surface area contributed by atoms with Gasteiger partial charge in [0.2, 0.25) is 11.8 Å². The summed E-state index contributed by atoms with van der Waals surface area (Å²) in [5, 5.41) is 2.56. The highest BCUT2D eigenvalue weighted by molar-refractivity contribution is 6.03. The monoisotopic (exact) mass is 356 g/mol. The van der Waals surface area contributed by atoms with E-state index in [1.54, 1.807) is 35.2 Å². The molecule has 1 atom stereocenters. The Morgan fingerprint density at radius 2 is 1.88 bits per heavy atom. The molecule has 0 unspecified atom stereocenters. The third-order valence-corrected chi connectivity index (χ3v) is 4.46. The van der Waals surface area contributed by atoms with Crippen molar-refractivity contribution < 1.29 is 23.5 Å². The third kappa shape index (κ3) is 3.08. The molecule has 6 nitrogen and oxygen atoms in total. The zero-order valence-corrected chi connectivity index (χ0v) is 13.9. The first kappa shape index (κ1) is 16.4. The lowest BCUT2D eigenvalue weighted by molar-refractivity contribution is -0.122. The van der Waals surface area contributed by atoms with E-state index in [9.17, 15) is 14.0 Å². The molecule has 4 rings (SSSR count). The van der Waals surface area contributed by atoms with Crippen LogP contribution in [0.25, 0.3) is 0 Å². The molecule has 2 aliphatic rings. The van der Waals surface area contributed by atoms with Crippen LogP contribution in [0.2, 0.25) is 0 Å². The smallest absolute Gasteiger partial charge is 0.229 e. The fraction of sp³-hybridized carbons (Fsp3) is 0.263. The summed E-state index contributed by atoms with van der Waals surface area (Å²) in [6.45, 7) is 1.18. The molecule has 1 N–H and O–H groups in total. The van der Waals surface area contributed by atoms with Crippen molar-refractivity contribution in [1.29, 1.82) is 0 Å². The number of carbonyl (C=O) groups is 2. The van der Waals surface area contributed by atoms with E-state index >= 15 is 0 Å². The Morgan fingerprint density at radius 3 is 2.69 bits per heavy atom. The normalized spacial score (nSPS) is 18.7. The van der Waals surface area contributed by atoms with Crippen molar-refractivity contribution in [2.75, 3.05) is 30.0 Å². The number of para-hydroxylation sites is 1. The largest absolute Gasteiger partial charge is 0.486 e. The van der Waals surface area contributed by atoms with Gasteiger partial charge >= 0.3 is 0 Å². The van der Waals surface area contributed by atoms with Gasteiger partial charge in [0.15, 0.2) is 11.5 Å². The van der Waals surface area contributed by atoms with Gasteiger partial charge in [0, 0.05) is 24.7 Å². The molecule has 2 amide bonds. The number of anilines is 2. The second-order valence-electron chi connectivity index (χ2n) is 6.20. The van der Waals surface area contributed by atoms with E-state index in [-0.39, 0.29) is 30.5 Å². The van der Waals surface area contributed by atoms with Crippen LogP contribution in [0.4, 0.5) is 15.8 Å². The van der Waals surface area contributed by atoms with Crippen LogP contribution in [-0.4, -0.2) is 31.6 Å². The lowest BCUT2D eigenvalue weighted by atomic mass is 10.1. The van der Waals surface area contributed by atoms with Gasteiger partial charge < -0.3 is 19.7 Å². The molecule has 2 aliphatic heterocycles. The Bertz CT molecular complexity index is 870. The van der Waals surface area contributed by atoms with E-state index in [2.05, 4.69) is 5.32 Å². The van der Waals surface area contributed by atoms with E-state index < -0.39 is 11.7 Å². The summed E-state index contributed by atoms with van der Waals surface area (Å²) < 4.78 is 24.7. The molecule has 1 saturated heterocycles. The topological polar surface area (TPSA) is 67.9 Å². The van der Waals surface area contributed by atoms with E-state index in [0.29, 0.717) is 30.4 Å². The van der Waals surface area contributed by atoms with E-state index in [1.807, 2.05) is 0 Å². The summed E-state index contributed by atoms with van der Waals surface area (Å²) in [4.78, 5) is 26.3. The van der Waals surface area contributed by atoms with Gasteiger partial charge in [0.1, 0.15) is 19.0 Å². The minimum absolute atomic E-state index is 0.0781. The fourth-order valence-electron chi connectivity index (χ4n) is 3.13. The highest BCUT2D eigenvalue weighted by Crippen LogP contribution is 2.36. The number of nitrogens with one attached hydrogen (secondary N) is 1. The van der Waals surface area contributed by atoms with Crippen molar-refractivity contribution >= 4 is 23.2 Å². The maximum atomic E-state index is 13.7. The quantitative estimate of drug-likeness (QED) is 0.918. The van der Waals surface area contributed by atoms with Crippen molar-refractivity contribution in [3.63, 3.8) is 0 Å². The average Bonchev–Trinajstić information content (AvgIpc) is 3.05. The van der Waals surface area contributed by atoms with Crippen molar-refractivity contribution in [2.45, 2.75) is 6.42 Å². The highest BCUT2D eigenvalue weighted by Gasteiger charge is 2.35. The Hall–Kier alpha value is -3.09. The predicted molar refractivity (Wildman–Crippen MR) is 92.9 cm³/mol. The molecule has 1 fully saturated rings. The summed E-state index contributed by atoms with van der Waals surface area (Å²) in [6.07, 6.45) is 0.0781. The lowest BCUT2D eigenvalue weighted by Crippen LogP contribution is -2.28. The molecule has 2 aromatic rings. The number of ether oxygens (including phenoxy) is 2. The molecule has 26 heavy (non-hydrogen) atoms. The van der Waals surface area contributed by atoms with Crippen LogP contribution in [0.5, 0.6) is 11.5 Å². The van der Waals surface area contributed by atoms with Gasteiger partial charge in [-0.25, -0.2) is 4.39 Å². The first-order valence-corrected chi connectivity index (χ1v) is 8.37. The molecule has 2 heterocycles. The van der Waals surface area contributed by atoms with Gasteiger partial charge in [-0.15, -0.1) is 0 Å². The molecule has 2 aromatic carbocycles. The van der Waals surface area contributed by atoms with Crippen molar-refractivity contribution in [1.82, 2.24) is 0 Å². The molecule has 0 saturated carbocycles. The molecule has 0 bridgehead atoms. The summed E-state index contributed by atoms with van der Waals surface area (Å²) in [5.74, 6) is -0.357. The highest BCUT2D eigenvalue weighted by atomic mass is 19.1. The van der Waals surface area contributed by atoms with Crippen LogP contribution >= 0.6 is 0 Å². The summed E-state index contributed by atoms with van der Waals surface area (Å²) in [5.41, 5.74) is 0.767. The minimum Gasteiger partial charge on any atom is -0.486 e. The van der Waals surface area contributed by atoms with Gasteiger partial charge in [-0.1, -0.05) is 12.1 Å². The van der Waals surface area contributed by atoms with Gasteiger partial charge in [0.25, 0.3) is 0 Å². The molecule has 134 valence electrons. The lowest BCUT2D eigenvalue weighted by Gasteiger charge is -2.22. The number of hydrogen-bond donors (Lipinski definition) is 1. The summed E-state index contributed by atoms with van der Waals surface area (Å²) in [6, 6.07) is 11.2. The third-order valence-electron chi connectivity index (χ3n) is 4.46. The Kier molecular flexibility index (Phi) is 4.20. The van der Waals surface area contributed by atoms with E-state index in [4.69, 9.17) is 9.47 Å². The predicted octanol–water partition coefficient (Wildman–Crippen LogP) is 2.59. The van der Waals surface area contributed by atoms with Crippen LogP contribution in [-0.2, 0) is 9.59 Å². The molecular formula is C19H17FN2O4. The number of rotatable bonds is 3. The van der Waals surface area contributed by atoms with Crippen LogP contribution < -0.4 is 19.7 Å².